The molecule has 1 atom stereocenters. The van der Waals surface area contributed by atoms with E-state index in [-0.39, 0.29) is 17.2 Å². The van der Waals surface area contributed by atoms with E-state index in [9.17, 15) is 4.79 Å². The second-order valence-electron chi connectivity index (χ2n) is 10.4. The standard InChI is InChI=1S/C28H28N4O2S/c1-27(2,3)18-12-10-17(11-13-18)21-15-14-20-23(19-8-6-7-9-22(19)34-24(20)30-21)28(4,5)25(33)31-26-32-29-16-35-26/h6-16,23H,1-5H3,(H,31,32,33)/t23-/m0/s1. The number of hydrogen-bond acceptors (Lipinski definition) is 6. The van der Waals surface area contributed by atoms with Crippen molar-refractivity contribution in [2.45, 2.75) is 46.0 Å². The third kappa shape index (κ3) is 4.32. The summed E-state index contributed by atoms with van der Waals surface area (Å²) in [5, 5.41) is 11.2. The zero-order valence-corrected chi connectivity index (χ0v) is 21.3. The van der Waals surface area contributed by atoms with Crippen molar-refractivity contribution in [2.75, 3.05) is 5.32 Å². The molecule has 0 unspecified atom stereocenters. The van der Waals surface area contributed by atoms with Crippen LogP contribution >= 0.6 is 11.3 Å². The second-order valence-corrected chi connectivity index (χ2v) is 11.2. The molecular formula is C28H28N4O2S. The highest BCUT2D eigenvalue weighted by atomic mass is 32.1. The van der Waals surface area contributed by atoms with E-state index in [4.69, 9.17) is 9.72 Å². The van der Waals surface area contributed by atoms with E-state index in [0.717, 1.165) is 28.1 Å². The number of fused-ring (bicyclic) bond motifs is 2. The molecule has 1 aliphatic heterocycles. The number of ether oxygens (including phenoxy) is 1. The van der Waals surface area contributed by atoms with Gasteiger partial charge in [0.05, 0.1) is 11.1 Å². The molecule has 2 aromatic heterocycles. The number of nitrogens with zero attached hydrogens (tertiary/aromatic N) is 3. The van der Waals surface area contributed by atoms with E-state index in [0.29, 0.717) is 11.0 Å². The molecule has 0 bridgehead atoms. The lowest BCUT2D eigenvalue weighted by Crippen LogP contribution is -2.38. The van der Waals surface area contributed by atoms with Gasteiger partial charge in [0.1, 0.15) is 11.3 Å². The van der Waals surface area contributed by atoms with Gasteiger partial charge in [-0.05, 0) is 23.1 Å². The van der Waals surface area contributed by atoms with Gasteiger partial charge in [-0.15, -0.1) is 10.2 Å². The van der Waals surface area contributed by atoms with Crippen molar-refractivity contribution in [2.24, 2.45) is 5.41 Å². The Hall–Kier alpha value is -3.58. The van der Waals surface area contributed by atoms with Gasteiger partial charge in [-0.2, -0.15) is 0 Å². The lowest BCUT2D eigenvalue weighted by atomic mass is 9.69. The molecule has 0 fully saturated rings. The van der Waals surface area contributed by atoms with E-state index in [1.54, 1.807) is 5.51 Å². The fraction of sp³-hybridized carbons (Fsp3) is 0.286. The normalized spacial score (nSPS) is 15.1. The van der Waals surface area contributed by atoms with Crippen LogP contribution in [0.4, 0.5) is 5.13 Å². The summed E-state index contributed by atoms with van der Waals surface area (Å²) in [5.41, 5.74) is 5.85. The molecule has 7 heteroatoms. The molecule has 35 heavy (non-hydrogen) atoms. The van der Waals surface area contributed by atoms with Gasteiger partial charge in [0.25, 0.3) is 0 Å². The molecule has 2 aromatic carbocycles. The summed E-state index contributed by atoms with van der Waals surface area (Å²) in [6, 6.07) is 20.4. The Morgan fingerprint density at radius 2 is 1.69 bits per heavy atom. The summed E-state index contributed by atoms with van der Waals surface area (Å²) in [4.78, 5) is 18.3. The van der Waals surface area contributed by atoms with Gasteiger partial charge >= 0.3 is 0 Å². The Morgan fingerprint density at radius 1 is 0.943 bits per heavy atom. The smallest absolute Gasteiger partial charge is 0.232 e. The molecule has 0 radical (unpaired) electrons. The van der Waals surface area contributed by atoms with Crippen molar-refractivity contribution in [3.63, 3.8) is 0 Å². The molecule has 0 saturated heterocycles. The number of aromatic nitrogens is 3. The fourth-order valence-corrected chi connectivity index (χ4v) is 4.97. The van der Waals surface area contributed by atoms with Crippen LogP contribution in [0.5, 0.6) is 11.6 Å². The number of nitrogens with one attached hydrogen (secondary N) is 1. The minimum Gasteiger partial charge on any atom is -0.438 e. The van der Waals surface area contributed by atoms with Crippen LogP contribution in [-0.2, 0) is 10.2 Å². The molecule has 6 nitrogen and oxygen atoms in total. The molecule has 0 spiro atoms. The highest BCUT2D eigenvalue weighted by Gasteiger charge is 2.44. The summed E-state index contributed by atoms with van der Waals surface area (Å²) in [5.74, 6) is 0.862. The van der Waals surface area contributed by atoms with E-state index < -0.39 is 5.41 Å². The zero-order chi connectivity index (χ0) is 24.8. The summed E-state index contributed by atoms with van der Waals surface area (Å²) < 4.78 is 6.27. The van der Waals surface area contributed by atoms with E-state index in [1.807, 2.05) is 50.2 Å². The topological polar surface area (TPSA) is 77.0 Å². The molecule has 178 valence electrons. The predicted octanol–water partition coefficient (Wildman–Crippen LogP) is 6.80. The molecule has 0 saturated carbocycles. The summed E-state index contributed by atoms with van der Waals surface area (Å²) in [6.45, 7) is 10.5. The number of para-hydroxylation sites is 1. The molecular weight excluding hydrogens is 456 g/mol. The van der Waals surface area contributed by atoms with Crippen LogP contribution in [-0.4, -0.2) is 21.1 Å². The van der Waals surface area contributed by atoms with Crippen molar-refractivity contribution in [3.8, 4) is 22.9 Å². The highest BCUT2D eigenvalue weighted by Crippen LogP contribution is 2.52. The monoisotopic (exact) mass is 484 g/mol. The quantitative estimate of drug-likeness (QED) is 0.345. The number of pyridine rings is 1. The van der Waals surface area contributed by atoms with Crippen LogP contribution in [0.1, 0.15) is 57.2 Å². The van der Waals surface area contributed by atoms with Crippen molar-refractivity contribution in [1.82, 2.24) is 15.2 Å². The van der Waals surface area contributed by atoms with Crippen molar-refractivity contribution in [3.05, 3.63) is 82.9 Å². The van der Waals surface area contributed by atoms with Crippen LogP contribution in [0.25, 0.3) is 11.3 Å². The molecule has 0 aliphatic carbocycles. The second kappa shape index (κ2) is 8.57. The van der Waals surface area contributed by atoms with E-state index in [1.165, 1.54) is 16.9 Å². The lowest BCUT2D eigenvalue weighted by Gasteiger charge is -2.37. The first kappa shape index (κ1) is 23.2. The first-order valence-corrected chi connectivity index (χ1v) is 12.5. The number of anilines is 1. The third-order valence-electron chi connectivity index (χ3n) is 6.57. The Balaban J connectivity index is 1.55. The molecule has 5 rings (SSSR count). The SMILES string of the molecule is CC(C)(C)c1ccc(-c2ccc3c(n2)Oc2ccccc2[C@@H]3C(C)(C)C(=O)Nc2nncs2)cc1. The minimum absolute atomic E-state index is 0.0860. The highest BCUT2D eigenvalue weighted by molar-refractivity contribution is 7.13. The fourth-order valence-electron chi connectivity index (χ4n) is 4.53. The number of benzene rings is 2. The maximum absolute atomic E-state index is 13.4. The lowest BCUT2D eigenvalue weighted by molar-refractivity contribution is -0.124. The van der Waals surface area contributed by atoms with Crippen LogP contribution < -0.4 is 10.1 Å². The van der Waals surface area contributed by atoms with Crippen molar-refractivity contribution in [1.29, 1.82) is 0 Å². The van der Waals surface area contributed by atoms with Crippen LogP contribution in [0.15, 0.2) is 66.2 Å². The molecule has 1 amide bonds. The number of amides is 1. The van der Waals surface area contributed by atoms with Gasteiger partial charge < -0.3 is 10.1 Å². The molecule has 1 N–H and O–H groups in total. The maximum Gasteiger partial charge on any atom is 0.232 e. The average molecular weight is 485 g/mol. The van der Waals surface area contributed by atoms with Gasteiger partial charge in [0.2, 0.25) is 16.9 Å². The van der Waals surface area contributed by atoms with Gasteiger partial charge in [0.15, 0.2) is 0 Å². The molecule has 3 heterocycles. The average Bonchev–Trinajstić information content (AvgIpc) is 3.34. The van der Waals surface area contributed by atoms with Crippen molar-refractivity contribution < 1.29 is 9.53 Å². The summed E-state index contributed by atoms with van der Waals surface area (Å²) >= 11 is 1.30. The number of hydrogen-bond donors (Lipinski definition) is 1. The number of carbonyl (C=O) groups excluding carboxylic acids is 1. The Bertz CT molecular complexity index is 1370. The first-order chi connectivity index (χ1) is 16.6. The predicted molar refractivity (Wildman–Crippen MR) is 139 cm³/mol. The van der Waals surface area contributed by atoms with E-state index in [2.05, 4.69) is 60.6 Å². The van der Waals surface area contributed by atoms with Gasteiger partial charge in [-0.1, -0.05) is 94.5 Å². The van der Waals surface area contributed by atoms with Gasteiger partial charge in [0, 0.05) is 22.6 Å². The van der Waals surface area contributed by atoms with Gasteiger partial charge in [-0.3, -0.25) is 4.79 Å². The van der Waals surface area contributed by atoms with E-state index >= 15 is 0 Å². The first-order valence-electron chi connectivity index (χ1n) is 11.6. The van der Waals surface area contributed by atoms with Crippen LogP contribution in [0.2, 0.25) is 0 Å². The summed E-state index contributed by atoms with van der Waals surface area (Å²) in [6.07, 6.45) is 0. The van der Waals surface area contributed by atoms with Crippen molar-refractivity contribution >= 4 is 22.4 Å². The molecule has 4 aromatic rings. The Labute approximate surface area is 209 Å². The zero-order valence-electron chi connectivity index (χ0n) is 20.5. The third-order valence-corrected chi connectivity index (χ3v) is 7.18. The Morgan fingerprint density at radius 3 is 2.37 bits per heavy atom. The number of rotatable bonds is 4. The summed E-state index contributed by atoms with van der Waals surface area (Å²) in [7, 11) is 0. The molecule has 1 aliphatic rings. The number of carbonyl (C=O) groups is 1. The van der Waals surface area contributed by atoms with Crippen LogP contribution in [0, 0.1) is 5.41 Å². The van der Waals surface area contributed by atoms with Crippen LogP contribution in [0.3, 0.4) is 0 Å². The maximum atomic E-state index is 13.4. The Kier molecular flexibility index (Phi) is 5.68. The van der Waals surface area contributed by atoms with Gasteiger partial charge in [-0.25, -0.2) is 4.98 Å². The minimum atomic E-state index is -0.808. The largest absolute Gasteiger partial charge is 0.438 e.